The van der Waals surface area contributed by atoms with E-state index in [1.54, 1.807) is 0 Å². The van der Waals surface area contributed by atoms with Gasteiger partial charge in [0.05, 0.1) is 13.7 Å². The molecule has 0 saturated carbocycles. The number of carbonyl (C=O) groups is 1. The topological polar surface area (TPSA) is 35.5 Å². The van der Waals surface area contributed by atoms with Gasteiger partial charge in [-0.3, -0.25) is 0 Å². The van der Waals surface area contributed by atoms with E-state index in [1.807, 2.05) is 13.8 Å². The van der Waals surface area contributed by atoms with E-state index in [4.69, 9.17) is 4.74 Å². The van der Waals surface area contributed by atoms with Crippen LogP contribution in [0.25, 0.3) is 0 Å². The molecule has 3 nitrogen and oxygen atoms in total. The minimum Gasteiger partial charge on any atom is -0.490 e. The highest BCUT2D eigenvalue weighted by molar-refractivity contribution is 9.10. The maximum Gasteiger partial charge on any atom is 0.341 e. The fourth-order valence-electron chi connectivity index (χ4n) is 1.18. The molecule has 0 bridgehead atoms. The lowest BCUT2D eigenvalue weighted by Crippen LogP contribution is -2.09. The summed E-state index contributed by atoms with van der Waals surface area (Å²) in [7, 11) is 1.21. The minimum atomic E-state index is -0.724. The van der Waals surface area contributed by atoms with E-state index in [9.17, 15) is 9.18 Å². The van der Waals surface area contributed by atoms with Crippen LogP contribution in [-0.2, 0) is 4.74 Å². The third kappa shape index (κ3) is 3.70. The van der Waals surface area contributed by atoms with Gasteiger partial charge in [-0.15, -0.1) is 0 Å². The van der Waals surface area contributed by atoms with E-state index in [0.717, 1.165) is 0 Å². The normalized spacial score (nSPS) is 10.5. The molecule has 0 N–H and O–H groups in total. The summed E-state index contributed by atoms with van der Waals surface area (Å²) < 4.78 is 24.3. The summed E-state index contributed by atoms with van der Waals surface area (Å²) in [5.74, 6) is -1.10. The number of carbonyl (C=O) groups excluding carboxylic acids is 1. The van der Waals surface area contributed by atoms with E-state index >= 15 is 0 Å². The molecular formula is C12H14BrFO3. The van der Waals surface area contributed by atoms with Crippen molar-refractivity contribution in [3.05, 3.63) is 28.0 Å². The van der Waals surface area contributed by atoms with Crippen molar-refractivity contribution in [2.45, 2.75) is 13.8 Å². The lowest BCUT2D eigenvalue weighted by atomic mass is 10.2. The lowest BCUT2D eigenvalue weighted by molar-refractivity contribution is 0.0594. The lowest BCUT2D eigenvalue weighted by Gasteiger charge is -2.11. The molecule has 5 heteroatoms. The van der Waals surface area contributed by atoms with Crippen molar-refractivity contribution in [2.24, 2.45) is 5.92 Å². The molecule has 0 amide bonds. The van der Waals surface area contributed by atoms with Gasteiger partial charge in [-0.25, -0.2) is 9.18 Å². The molecule has 0 aliphatic rings. The fraction of sp³-hybridized carbons (Fsp3) is 0.417. The summed E-state index contributed by atoms with van der Waals surface area (Å²) in [5, 5.41) is 0. The van der Waals surface area contributed by atoms with Gasteiger partial charge in [0.1, 0.15) is 5.56 Å². The van der Waals surface area contributed by atoms with E-state index in [2.05, 4.69) is 20.7 Å². The molecule has 1 aromatic rings. The number of halogens is 2. The summed E-state index contributed by atoms with van der Waals surface area (Å²) in [6.45, 7) is 4.29. The zero-order valence-corrected chi connectivity index (χ0v) is 11.5. The zero-order valence-electron chi connectivity index (χ0n) is 9.92. The van der Waals surface area contributed by atoms with E-state index in [1.165, 1.54) is 19.2 Å². The average Bonchev–Trinajstić information content (AvgIpc) is 2.28. The van der Waals surface area contributed by atoms with Crippen LogP contribution in [0.4, 0.5) is 4.39 Å². The van der Waals surface area contributed by atoms with Crippen LogP contribution in [0, 0.1) is 11.7 Å². The molecular weight excluding hydrogens is 291 g/mol. The first-order valence-electron chi connectivity index (χ1n) is 5.15. The van der Waals surface area contributed by atoms with E-state index in [0.29, 0.717) is 11.1 Å². The second kappa shape index (κ2) is 6.00. The van der Waals surface area contributed by atoms with Crippen LogP contribution in [0.15, 0.2) is 16.6 Å². The highest BCUT2D eigenvalue weighted by Crippen LogP contribution is 2.27. The van der Waals surface area contributed by atoms with Gasteiger partial charge in [-0.1, -0.05) is 29.8 Å². The number of esters is 1. The smallest absolute Gasteiger partial charge is 0.341 e. The average molecular weight is 305 g/mol. The highest BCUT2D eigenvalue weighted by Gasteiger charge is 2.18. The van der Waals surface area contributed by atoms with Crippen LogP contribution in [0.2, 0.25) is 0 Å². The Morgan fingerprint density at radius 1 is 1.47 bits per heavy atom. The maximum absolute atomic E-state index is 13.9. The number of methoxy groups -OCH3 is 1. The van der Waals surface area contributed by atoms with Crippen LogP contribution in [0.5, 0.6) is 5.75 Å². The monoisotopic (exact) mass is 304 g/mol. The van der Waals surface area contributed by atoms with Gasteiger partial charge in [0.15, 0.2) is 11.6 Å². The molecule has 0 spiro atoms. The van der Waals surface area contributed by atoms with Crippen LogP contribution in [0.3, 0.4) is 0 Å². The standard InChI is InChI=1S/C12H14BrFO3/c1-7(2)6-17-10-5-8(13)4-9(11(10)14)12(15)16-3/h4-5,7H,6H2,1-3H3. The fourth-order valence-corrected chi connectivity index (χ4v) is 1.62. The van der Waals surface area contributed by atoms with Crippen LogP contribution < -0.4 is 4.74 Å². The Labute approximate surface area is 108 Å². The molecule has 0 radical (unpaired) electrons. The largest absolute Gasteiger partial charge is 0.490 e. The van der Waals surface area contributed by atoms with Crippen molar-refractivity contribution in [3.8, 4) is 5.75 Å². The maximum atomic E-state index is 13.9. The van der Waals surface area contributed by atoms with Gasteiger partial charge in [-0.05, 0) is 18.1 Å². The predicted octanol–water partition coefficient (Wildman–Crippen LogP) is 3.41. The van der Waals surface area contributed by atoms with Crippen LogP contribution >= 0.6 is 15.9 Å². The Bertz CT molecular complexity index is 418. The minimum absolute atomic E-state index is 0.0495. The van der Waals surface area contributed by atoms with E-state index in [-0.39, 0.29) is 17.2 Å². The number of rotatable bonds is 4. The Morgan fingerprint density at radius 2 is 2.12 bits per heavy atom. The quantitative estimate of drug-likeness (QED) is 0.800. The molecule has 0 heterocycles. The molecule has 0 atom stereocenters. The van der Waals surface area contributed by atoms with Gasteiger partial charge in [-0.2, -0.15) is 0 Å². The molecule has 0 aliphatic carbocycles. The number of hydrogen-bond donors (Lipinski definition) is 0. The van der Waals surface area contributed by atoms with Crippen molar-refractivity contribution in [1.82, 2.24) is 0 Å². The van der Waals surface area contributed by atoms with Crippen molar-refractivity contribution < 1.29 is 18.7 Å². The first-order valence-corrected chi connectivity index (χ1v) is 5.95. The van der Waals surface area contributed by atoms with Gasteiger partial charge >= 0.3 is 5.97 Å². The Hall–Kier alpha value is -1.10. The van der Waals surface area contributed by atoms with Gasteiger partial charge in [0.25, 0.3) is 0 Å². The molecule has 0 saturated heterocycles. The van der Waals surface area contributed by atoms with Crippen molar-refractivity contribution in [2.75, 3.05) is 13.7 Å². The SMILES string of the molecule is COC(=O)c1cc(Br)cc(OCC(C)C)c1F. The molecule has 0 aliphatic heterocycles. The third-order valence-electron chi connectivity index (χ3n) is 1.98. The molecule has 1 aromatic carbocycles. The van der Waals surface area contributed by atoms with Crippen molar-refractivity contribution in [3.63, 3.8) is 0 Å². The van der Waals surface area contributed by atoms with Gasteiger partial charge < -0.3 is 9.47 Å². The molecule has 0 aromatic heterocycles. The van der Waals surface area contributed by atoms with Crippen molar-refractivity contribution >= 4 is 21.9 Å². The second-order valence-electron chi connectivity index (χ2n) is 3.96. The summed E-state index contributed by atoms with van der Waals surface area (Å²) in [6, 6.07) is 2.85. The second-order valence-corrected chi connectivity index (χ2v) is 4.88. The number of ether oxygens (including phenoxy) is 2. The summed E-state index contributed by atoms with van der Waals surface area (Å²) in [6.07, 6.45) is 0. The van der Waals surface area contributed by atoms with Crippen LogP contribution in [0.1, 0.15) is 24.2 Å². The summed E-state index contributed by atoms with van der Waals surface area (Å²) >= 11 is 3.20. The van der Waals surface area contributed by atoms with Crippen molar-refractivity contribution in [1.29, 1.82) is 0 Å². The molecule has 94 valence electrons. The first-order chi connectivity index (χ1) is 7.95. The molecule has 0 fully saturated rings. The van der Waals surface area contributed by atoms with Crippen LogP contribution in [-0.4, -0.2) is 19.7 Å². The van der Waals surface area contributed by atoms with Gasteiger partial charge in [0, 0.05) is 4.47 Å². The Kier molecular flexibility index (Phi) is 4.93. The number of hydrogen-bond acceptors (Lipinski definition) is 3. The highest BCUT2D eigenvalue weighted by atomic mass is 79.9. The Balaban J connectivity index is 3.05. The first kappa shape index (κ1) is 14.0. The summed E-state index contributed by atoms with van der Waals surface area (Å²) in [5.41, 5.74) is -0.138. The van der Waals surface area contributed by atoms with E-state index < -0.39 is 11.8 Å². The zero-order chi connectivity index (χ0) is 13.0. The van der Waals surface area contributed by atoms with Gasteiger partial charge in [0.2, 0.25) is 0 Å². The third-order valence-corrected chi connectivity index (χ3v) is 2.44. The molecule has 1 rings (SSSR count). The number of benzene rings is 1. The Morgan fingerprint density at radius 3 is 2.65 bits per heavy atom. The molecule has 17 heavy (non-hydrogen) atoms. The molecule has 0 unspecified atom stereocenters. The summed E-state index contributed by atoms with van der Waals surface area (Å²) in [4.78, 5) is 11.3. The predicted molar refractivity (Wildman–Crippen MR) is 65.8 cm³/mol.